The van der Waals surface area contributed by atoms with Crippen molar-refractivity contribution in [3.63, 3.8) is 0 Å². The van der Waals surface area contributed by atoms with Gasteiger partial charge < -0.3 is 14.2 Å². The van der Waals surface area contributed by atoms with Crippen LogP contribution >= 0.6 is 15.9 Å². The second-order valence-electron chi connectivity index (χ2n) is 6.10. The number of amides is 2. The van der Waals surface area contributed by atoms with Crippen molar-refractivity contribution in [1.29, 1.82) is 0 Å². The molecule has 7 heteroatoms. The van der Waals surface area contributed by atoms with E-state index in [9.17, 15) is 9.59 Å². The molecule has 22 heavy (non-hydrogen) atoms. The van der Waals surface area contributed by atoms with Gasteiger partial charge in [0.1, 0.15) is 5.60 Å². The van der Waals surface area contributed by atoms with E-state index in [0.29, 0.717) is 24.5 Å². The molecule has 2 amide bonds. The summed E-state index contributed by atoms with van der Waals surface area (Å²) < 4.78 is 17.2. The van der Waals surface area contributed by atoms with Crippen LogP contribution in [0.3, 0.4) is 0 Å². The van der Waals surface area contributed by atoms with E-state index in [-0.39, 0.29) is 0 Å². The van der Waals surface area contributed by atoms with Gasteiger partial charge in [-0.05, 0) is 39.0 Å². The molecule has 0 aliphatic carbocycles. The van der Waals surface area contributed by atoms with Crippen molar-refractivity contribution in [2.45, 2.75) is 32.2 Å². The molecule has 1 saturated heterocycles. The number of anilines is 1. The zero-order chi connectivity index (χ0) is 16.1. The molecule has 1 spiro atoms. The molecule has 6 nitrogen and oxygen atoms in total. The van der Waals surface area contributed by atoms with Gasteiger partial charge in [-0.25, -0.2) is 9.69 Å². The number of fused-ring (bicyclic) bond motifs is 2. The summed E-state index contributed by atoms with van der Waals surface area (Å²) >= 11 is 3.36. The van der Waals surface area contributed by atoms with Gasteiger partial charge >= 0.3 is 12.0 Å². The molecule has 2 aliphatic rings. The summed E-state index contributed by atoms with van der Waals surface area (Å²) in [5, 5.41) is 0. The molecule has 0 saturated carbocycles. The first kappa shape index (κ1) is 15.5. The van der Waals surface area contributed by atoms with Gasteiger partial charge in [0.2, 0.25) is 0 Å². The third-order valence-corrected chi connectivity index (χ3v) is 3.80. The molecule has 0 aromatic heterocycles. The predicted molar refractivity (Wildman–Crippen MR) is 81.4 cm³/mol. The van der Waals surface area contributed by atoms with Crippen LogP contribution in [0, 0.1) is 0 Å². The molecule has 0 bridgehead atoms. The van der Waals surface area contributed by atoms with E-state index < -0.39 is 23.4 Å². The van der Waals surface area contributed by atoms with Crippen molar-refractivity contribution in [1.82, 2.24) is 0 Å². The summed E-state index contributed by atoms with van der Waals surface area (Å²) in [6.07, 6.45) is -0.739. The van der Waals surface area contributed by atoms with E-state index in [1.807, 2.05) is 0 Å². The normalized spacial score (nSPS) is 19.6. The number of benzene rings is 1. The second-order valence-corrected chi connectivity index (χ2v) is 7.01. The summed E-state index contributed by atoms with van der Waals surface area (Å²) in [6, 6.07) is 5.14. The van der Waals surface area contributed by atoms with Crippen LogP contribution in [0.1, 0.15) is 26.3 Å². The number of halogens is 1. The van der Waals surface area contributed by atoms with Crippen LogP contribution < -0.4 is 4.90 Å². The predicted octanol–water partition coefficient (Wildman–Crippen LogP) is 2.93. The Morgan fingerprint density at radius 1 is 1.32 bits per heavy atom. The average Bonchev–Trinajstić information content (AvgIpc) is 2.96. The molecule has 1 fully saturated rings. The highest BCUT2D eigenvalue weighted by atomic mass is 79.9. The van der Waals surface area contributed by atoms with Gasteiger partial charge in [-0.1, -0.05) is 15.9 Å². The lowest BCUT2D eigenvalue weighted by molar-refractivity contribution is -0.180. The fourth-order valence-corrected chi connectivity index (χ4v) is 2.88. The van der Waals surface area contributed by atoms with Gasteiger partial charge in [0.15, 0.2) is 0 Å². The lowest BCUT2D eigenvalue weighted by Crippen LogP contribution is -2.45. The first-order chi connectivity index (χ1) is 10.2. The molecular formula is C15H16BrNO5. The number of ether oxygens (including phenoxy) is 3. The Bertz CT molecular complexity index is 646. The molecule has 0 N–H and O–H groups in total. The fraction of sp³-hybridized carbons (Fsp3) is 0.467. The third-order valence-electron chi connectivity index (χ3n) is 3.31. The Hall–Kier alpha value is -1.44. The van der Waals surface area contributed by atoms with Crippen molar-refractivity contribution >= 4 is 33.6 Å². The van der Waals surface area contributed by atoms with Gasteiger partial charge in [-0.3, -0.25) is 4.79 Å². The standard InChI is InChI=1S/C15H16BrNO5/c1-14(2,3)22-13(19)17-11-5-4-9(16)8-10(11)15(12(17)18)20-6-7-21-15/h4-5,8H,6-7H2,1-3H3. The maximum Gasteiger partial charge on any atom is 0.421 e. The minimum Gasteiger partial charge on any atom is -0.443 e. The van der Waals surface area contributed by atoms with Gasteiger partial charge in [0.05, 0.1) is 18.9 Å². The van der Waals surface area contributed by atoms with Crippen LogP contribution in [0.4, 0.5) is 10.5 Å². The summed E-state index contributed by atoms with van der Waals surface area (Å²) in [4.78, 5) is 26.2. The van der Waals surface area contributed by atoms with Crippen LogP contribution in [0.25, 0.3) is 0 Å². The van der Waals surface area contributed by atoms with Crippen LogP contribution in [0.2, 0.25) is 0 Å². The zero-order valence-electron chi connectivity index (χ0n) is 12.5. The number of hydrogen-bond donors (Lipinski definition) is 0. The van der Waals surface area contributed by atoms with Crippen LogP contribution in [0.15, 0.2) is 22.7 Å². The quantitative estimate of drug-likeness (QED) is 0.703. The van der Waals surface area contributed by atoms with Crippen molar-refractivity contribution in [3.05, 3.63) is 28.2 Å². The van der Waals surface area contributed by atoms with Crippen molar-refractivity contribution < 1.29 is 23.8 Å². The number of imide groups is 1. The van der Waals surface area contributed by atoms with Crippen LogP contribution in [-0.2, 0) is 24.8 Å². The monoisotopic (exact) mass is 369 g/mol. The molecule has 3 rings (SSSR count). The van der Waals surface area contributed by atoms with E-state index in [2.05, 4.69) is 15.9 Å². The van der Waals surface area contributed by atoms with Crippen molar-refractivity contribution in [2.24, 2.45) is 0 Å². The van der Waals surface area contributed by atoms with Gasteiger partial charge in [-0.2, -0.15) is 0 Å². The zero-order valence-corrected chi connectivity index (χ0v) is 14.1. The van der Waals surface area contributed by atoms with Crippen molar-refractivity contribution in [3.8, 4) is 0 Å². The summed E-state index contributed by atoms with van der Waals surface area (Å²) in [7, 11) is 0. The smallest absolute Gasteiger partial charge is 0.421 e. The molecule has 0 unspecified atom stereocenters. The number of carbonyl (C=O) groups is 2. The van der Waals surface area contributed by atoms with Crippen molar-refractivity contribution in [2.75, 3.05) is 18.1 Å². The molecular weight excluding hydrogens is 354 g/mol. The number of carbonyl (C=O) groups excluding carboxylic acids is 2. The highest BCUT2D eigenvalue weighted by molar-refractivity contribution is 9.10. The lowest BCUT2D eigenvalue weighted by atomic mass is 10.1. The summed E-state index contributed by atoms with van der Waals surface area (Å²) in [5.41, 5.74) is 0.222. The largest absolute Gasteiger partial charge is 0.443 e. The van der Waals surface area contributed by atoms with E-state index in [0.717, 1.165) is 9.37 Å². The molecule has 118 valence electrons. The number of rotatable bonds is 0. The molecule has 1 aromatic carbocycles. The molecule has 2 heterocycles. The Morgan fingerprint density at radius 2 is 1.95 bits per heavy atom. The minimum atomic E-state index is -1.55. The van der Waals surface area contributed by atoms with Gasteiger partial charge in [0, 0.05) is 10.0 Å². The molecule has 0 atom stereocenters. The Morgan fingerprint density at radius 3 is 2.55 bits per heavy atom. The maximum atomic E-state index is 12.8. The SMILES string of the molecule is CC(C)(C)OC(=O)N1C(=O)C2(OCCO2)c2cc(Br)ccc21. The highest BCUT2D eigenvalue weighted by Crippen LogP contribution is 2.47. The minimum absolute atomic E-state index is 0.292. The highest BCUT2D eigenvalue weighted by Gasteiger charge is 2.58. The van der Waals surface area contributed by atoms with E-state index in [4.69, 9.17) is 14.2 Å². The number of nitrogens with zero attached hydrogens (tertiary/aromatic N) is 1. The Labute approximate surface area is 136 Å². The molecule has 1 aromatic rings. The van der Waals surface area contributed by atoms with Crippen LogP contribution in [0.5, 0.6) is 0 Å². The Balaban J connectivity index is 2.07. The van der Waals surface area contributed by atoms with Gasteiger partial charge in [0.25, 0.3) is 5.79 Å². The average molecular weight is 370 g/mol. The van der Waals surface area contributed by atoms with Crippen LogP contribution in [-0.4, -0.2) is 30.8 Å². The second kappa shape index (κ2) is 5.04. The first-order valence-corrected chi connectivity index (χ1v) is 7.69. The van der Waals surface area contributed by atoms with E-state index in [1.54, 1.807) is 39.0 Å². The molecule has 2 aliphatic heterocycles. The topological polar surface area (TPSA) is 65.1 Å². The first-order valence-electron chi connectivity index (χ1n) is 6.90. The van der Waals surface area contributed by atoms with E-state index >= 15 is 0 Å². The third kappa shape index (κ3) is 2.33. The summed E-state index contributed by atoms with van der Waals surface area (Å²) in [6.45, 7) is 5.81. The molecule has 0 radical (unpaired) electrons. The number of hydrogen-bond acceptors (Lipinski definition) is 5. The van der Waals surface area contributed by atoms with Gasteiger partial charge in [-0.15, -0.1) is 0 Å². The lowest BCUT2D eigenvalue weighted by Gasteiger charge is -2.25. The van der Waals surface area contributed by atoms with E-state index in [1.165, 1.54) is 0 Å². The maximum absolute atomic E-state index is 12.8. The fourth-order valence-electron chi connectivity index (χ4n) is 2.52. The summed E-state index contributed by atoms with van der Waals surface area (Å²) in [5.74, 6) is -2.12. The Kier molecular flexibility index (Phi) is 3.54.